The maximum Gasteiger partial charge on any atom is 0.264 e. The zero-order valence-corrected chi connectivity index (χ0v) is 26.4. The maximum atomic E-state index is 13.1. The number of rotatable bonds is 12. The predicted octanol–water partition coefficient (Wildman–Crippen LogP) is 7.12. The van der Waals surface area contributed by atoms with Crippen LogP contribution in [0.2, 0.25) is 5.02 Å². The number of carbonyl (C=O) groups excluding carboxylic acids is 2. The third-order valence-electron chi connectivity index (χ3n) is 5.99. The van der Waals surface area contributed by atoms with Gasteiger partial charge in [0, 0.05) is 41.5 Å². The molecule has 0 spiro atoms. The van der Waals surface area contributed by atoms with Crippen molar-refractivity contribution >= 4 is 64.1 Å². The molecular weight excluding hydrogens is 610 g/mol. The van der Waals surface area contributed by atoms with Crippen molar-refractivity contribution in [3.05, 3.63) is 119 Å². The minimum absolute atomic E-state index is 0.0310. The van der Waals surface area contributed by atoms with Crippen molar-refractivity contribution < 1.29 is 22.7 Å². The molecule has 0 aliphatic carbocycles. The standard InChI is InChI=1S/C17H19NO3S2.C15H13ClO2S/c1-2-18(15-9-4-3-5-10-15)23(20,21)17-11-7-6-8-14(17)12-16(19)13-22;16-12-6-7-15(11(8-12)9-13(17)10-19)18-14-4-2-1-3-5-14/h3-11,22H,2,12-13H2,1H3;1-8,19H,9-10H2. The number of halogens is 1. The molecule has 0 bridgehead atoms. The highest BCUT2D eigenvalue weighted by molar-refractivity contribution is 7.92. The maximum absolute atomic E-state index is 13.1. The zero-order valence-electron chi connectivity index (χ0n) is 23.0. The van der Waals surface area contributed by atoms with E-state index in [1.165, 1.54) is 4.31 Å². The molecule has 0 heterocycles. The number of para-hydroxylation sites is 2. The van der Waals surface area contributed by atoms with Gasteiger partial charge in [0.05, 0.1) is 10.6 Å². The van der Waals surface area contributed by atoms with Crippen LogP contribution in [0.3, 0.4) is 0 Å². The van der Waals surface area contributed by atoms with Gasteiger partial charge in [-0.1, -0.05) is 66.2 Å². The summed E-state index contributed by atoms with van der Waals surface area (Å²) in [6.07, 6.45) is 0.331. The summed E-state index contributed by atoms with van der Waals surface area (Å²) in [5.74, 6) is 1.58. The van der Waals surface area contributed by atoms with Crippen LogP contribution in [0.25, 0.3) is 0 Å². The molecule has 4 aromatic carbocycles. The summed E-state index contributed by atoms with van der Waals surface area (Å²) in [6.45, 7) is 2.09. The van der Waals surface area contributed by atoms with Crippen LogP contribution in [-0.2, 0) is 32.5 Å². The van der Waals surface area contributed by atoms with Gasteiger partial charge in [-0.2, -0.15) is 25.3 Å². The van der Waals surface area contributed by atoms with Crippen molar-refractivity contribution in [2.24, 2.45) is 0 Å². The van der Waals surface area contributed by atoms with Crippen molar-refractivity contribution in [1.29, 1.82) is 0 Å². The van der Waals surface area contributed by atoms with Crippen LogP contribution in [0.15, 0.2) is 108 Å². The molecule has 0 aliphatic rings. The Morgan fingerprint density at radius 1 is 0.762 bits per heavy atom. The van der Waals surface area contributed by atoms with E-state index in [-0.39, 0.29) is 40.8 Å². The Morgan fingerprint density at radius 3 is 1.90 bits per heavy atom. The van der Waals surface area contributed by atoms with Crippen LogP contribution < -0.4 is 9.04 Å². The van der Waals surface area contributed by atoms with Crippen LogP contribution in [0.1, 0.15) is 18.1 Å². The fourth-order valence-corrected chi connectivity index (χ4v) is 6.16. The topological polar surface area (TPSA) is 80.8 Å². The zero-order chi connectivity index (χ0) is 30.5. The van der Waals surface area contributed by atoms with Crippen molar-refractivity contribution in [2.45, 2.75) is 24.7 Å². The molecule has 0 saturated carbocycles. The van der Waals surface area contributed by atoms with E-state index in [0.29, 0.717) is 28.6 Å². The fraction of sp³-hybridized carbons (Fsp3) is 0.188. The number of Topliss-reactive ketones (excluding diaryl/α,β-unsaturated/α-hetero) is 2. The van der Waals surface area contributed by atoms with E-state index in [1.54, 1.807) is 73.7 Å². The summed E-state index contributed by atoms with van der Waals surface area (Å²) in [6, 6.07) is 30.2. The van der Waals surface area contributed by atoms with Gasteiger partial charge in [0.25, 0.3) is 10.0 Å². The van der Waals surface area contributed by atoms with E-state index >= 15 is 0 Å². The van der Waals surface area contributed by atoms with Crippen molar-refractivity contribution in [3.63, 3.8) is 0 Å². The molecule has 0 aromatic heterocycles. The average molecular weight is 642 g/mol. The van der Waals surface area contributed by atoms with Gasteiger partial charge in [-0.25, -0.2) is 8.42 Å². The Hall–Kier alpha value is -3.24. The summed E-state index contributed by atoms with van der Waals surface area (Å²) >= 11 is 13.9. The van der Waals surface area contributed by atoms with Gasteiger partial charge in [0.2, 0.25) is 0 Å². The van der Waals surface area contributed by atoms with E-state index in [0.717, 1.165) is 11.3 Å². The smallest absolute Gasteiger partial charge is 0.264 e. The number of hydrogen-bond donors (Lipinski definition) is 2. The van der Waals surface area contributed by atoms with E-state index in [1.807, 2.05) is 36.4 Å². The molecule has 0 aliphatic heterocycles. The number of carbonyl (C=O) groups is 2. The first-order chi connectivity index (χ1) is 20.2. The highest BCUT2D eigenvalue weighted by atomic mass is 35.5. The Bertz CT molecular complexity index is 1580. The highest BCUT2D eigenvalue weighted by Crippen LogP contribution is 2.29. The molecule has 0 unspecified atom stereocenters. The van der Waals surface area contributed by atoms with Gasteiger partial charge >= 0.3 is 0 Å². The third kappa shape index (κ3) is 9.39. The largest absolute Gasteiger partial charge is 0.457 e. The van der Waals surface area contributed by atoms with Crippen LogP contribution in [0, 0.1) is 0 Å². The first kappa shape index (κ1) is 33.3. The second-order valence-electron chi connectivity index (χ2n) is 9.03. The minimum Gasteiger partial charge on any atom is -0.457 e. The molecule has 4 aromatic rings. The molecular formula is C32H32ClNO5S3. The third-order valence-corrected chi connectivity index (χ3v) is 8.94. The quantitative estimate of drug-likeness (QED) is 0.161. The second-order valence-corrected chi connectivity index (χ2v) is 11.9. The number of ether oxygens (including phenoxy) is 1. The Balaban J connectivity index is 0.000000235. The molecule has 0 radical (unpaired) electrons. The Morgan fingerprint density at radius 2 is 1.31 bits per heavy atom. The van der Waals surface area contributed by atoms with Crippen LogP contribution in [0.4, 0.5) is 5.69 Å². The summed E-state index contributed by atoms with van der Waals surface area (Å²) in [4.78, 5) is 23.4. The first-order valence-corrected chi connectivity index (χ1v) is 16.2. The highest BCUT2D eigenvalue weighted by Gasteiger charge is 2.26. The lowest BCUT2D eigenvalue weighted by Crippen LogP contribution is -2.31. The van der Waals surface area contributed by atoms with Crippen LogP contribution in [-0.4, -0.2) is 38.0 Å². The van der Waals surface area contributed by atoms with Gasteiger partial charge in [-0.15, -0.1) is 0 Å². The van der Waals surface area contributed by atoms with Gasteiger partial charge in [0.1, 0.15) is 23.1 Å². The van der Waals surface area contributed by atoms with E-state index in [4.69, 9.17) is 16.3 Å². The molecule has 220 valence electrons. The minimum atomic E-state index is -3.73. The number of ketones is 2. The molecule has 10 heteroatoms. The second kappa shape index (κ2) is 16.4. The van der Waals surface area contributed by atoms with Crippen molar-refractivity contribution in [3.8, 4) is 11.5 Å². The van der Waals surface area contributed by atoms with E-state index in [9.17, 15) is 18.0 Å². The molecule has 4 rings (SSSR count). The summed E-state index contributed by atoms with van der Waals surface area (Å²) < 4.78 is 33.2. The fourth-order valence-electron chi connectivity index (χ4n) is 4.04. The lowest BCUT2D eigenvalue weighted by Gasteiger charge is -2.24. The van der Waals surface area contributed by atoms with E-state index in [2.05, 4.69) is 25.3 Å². The van der Waals surface area contributed by atoms with Gasteiger partial charge in [-0.3, -0.25) is 13.9 Å². The SMILES string of the molecule is CCN(c1ccccc1)S(=O)(=O)c1ccccc1CC(=O)CS.O=C(CS)Cc1cc(Cl)ccc1Oc1ccccc1. The lowest BCUT2D eigenvalue weighted by molar-refractivity contribution is -0.116. The lowest BCUT2D eigenvalue weighted by atomic mass is 10.1. The number of nitrogens with zero attached hydrogens (tertiary/aromatic N) is 1. The number of thiol groups is 2. The first-order valence-electron chi connectivity index (χ1n) is 13.1. The number of sulfonamides is 1. The molecule has 0 N–H and O–H groups in total. The van der Waals surface area contributed by atoms with E-state index < -0.39 is 10.0 Å². The molecule has 0 atom stereocenters. The van der Waals surface area contributed by atoms with Crippen molar-refractivity contribution in [2.75, 3.05) is 22.4 Å². The Kier molecular flexibility index (Phi) is 13.0. The number of anilines is 1. The van der Waals surface area contributed by atoms with Gasteiger partial charge in [-0.05, 0) is 61.0 Å². The molecule has 0 fully saturated rings. The van der Waals surface area contributed by atoms with Gasteiger partial charge in [0.15, 0.2) is 0 Å². The number of benzene rings is 4. The van der Waals surface area contributed by atoms with Crippen LogP contribution in [0.5, 0.6) is 11.5 Å². The van der Waals surface area contributed by atoms with Crippen LogP contribution >= 0.6 is 36.9 Å². The molecule has 0 saturated heterocycles. The normalized spacial score (nSPS) is 10.8. The molecule has 6 nitrogen and oxygen atoms in total. The van der Waals surface area contributed by atoms with Gasteiger partial charge < -0.3 is 4.74 Å². The predicted molar refractivity (Wildman–Crippen MR) is 176 cm³/mol. The number of hydrogen-bond acceptors (Lipinski definition) is 7. The summed E-state index contributed by atoms with van der Waals surface area (Å²) in [5.41, 5.74) is 1.88. The summed E-state index contributed by atoms with van der Waals surface area (Å²) in [7, 11) is -3.73. The molecule has 0 amide bonds. The Labute approximate surface area is 263 Å². The monoisotopic (exact) mass is 641 g/mol. The summed E-state index contributed by atoms with van der Waals surface area (Å²) in [5, 5.41) is 0.586. The molecule has 42 heavy (non-hydrogen) atoms. The van der Waals surface area contributed by atoms with Crippen molar-refractivity contribution in [1.82, 2.24) is 0 Å². The average Bonchev–Trinajstić information content (AvgIpc) is 3.00.